The SMILES string of the molecule is CCCCC/C=C/CCCc1ccccc1OCC1(C)CO1. The van der Waals surface area contributed by atoms with Crippen LogP contribution < -0.4 is 4.74 Å². The Bertz CT molecular complexity index is 461. The highest BCUT2D eigenvalue weighted by molar-refractivity contribution is 5.33. The van der Waals surface area contributed by atoms with Gasteiger partial charge in [0.05, 0.1) is 6.61 Å². The Morgan fingerprint density at radius 2 is 1.86 bits per heavy atom. The molecule has 122 valence electrons. The zero-order chi connectivity index (χ0) is 15.7. The van der Waals surface area contributed by atoms with E-state index in [0.29, 0.717) is 6.61 Å². The third-order valence-corrected chi connectivity index (χ3v) is 4.10. The number of para-hydroxylation sites is 1. The van der Waals surface area contributed by atoms with Gasteiger partial charge in [-0.05, 0) is 50.7 Å². The zero-order valence-corrected chi connectivity index (χ0v) is 14.1. The summed E-state index contributed by atoms with van der Waals surface area (Å²) in [5.74, 6) is 1.02. The fourth-order valence-corrected chi connectivity index (χ4v) is 2.45. The number of hydrogen-bond donors (Lipinski definition) is 0. The van der Waals surface area contributed by atoms with Crippen molar-refractivity contribution in [3.63, 3.8) is 0 Å². The Morgan fingerprint density at radius 3 is 2.59 bits per heavy atom. The number of benzene rings is 1. The van der Waals surface area contributed by atoms with Gasteiger partial charge in [0.15, 0.2) is 0 Å². The summed E-state index contributed by atoms with van der Waals surface area (Å²) in [5.41, 5.74) is 1.26. The Kier molecular flexibility index (Phi) is 6.98. The van der Waals surface area contributed by atoms with Crippen molar-refractivity contribution < 1.29 is 9.47 Å². The molecular formula is C20H30O2. The van der Waals surface area contributed by atoms with Gasteiger partial charge in [0.2, 0.25) is 0 Å². The van der Waals surface area contributed by atoms with E-state index in [0.717, 1.165) is 25.2 Å². The molecule has 1 aromatic carbocycles. The first-order valence-corrected chi connectivity index (χ1v) is 8.73. The molecule has 1 aromatic rings. The van der Waals surface area contributed by atoms with E-state index in [2.05, 4.69) is 44.2 Å². The molecule has 0 spiro atoms. The Morgan fingerprint density at radius 1 is 1.14 bits per heavy atom. The molecule has 2 heteroatoms. The van der Waals surface area contributed by atoms with Crippen LogP contribution in [0.15, 0.2) is 36.4 Å². The number of aryl methyl sites for hydroxylation is 1. The summed E-state index contributed by atoms with van der Waals surface area (Å²) in [7, 11) is 0. The standard InChI is InChI=1S/C20H30O2/c1-3-4-5-6-7-8-9-10-13-18-14-11-12-15-19(18)21-16-20(2)17-22-20/h7-8,11-12,14-15H,3-6,9-10,13,16-17H2,1-2H3/b8-7+. The second-order valence-electron chi connectivity index (χ2n) is 6.49. The molecule has 1 fully saturated rings. The molecule has 2 nitrogen and oxygen atoms in total. The van der Waals surface area contributed by atoms with E-state index < -0.39 is 0 Å². The van der Waals surface area contributed by atoms with Gasteiger partial charge in [0, 0.05) is 0 Å². The van der Waals surface area contributed by atoms with Crippen LogP contribution in [-0.2, 0) is 11.2 Å². The van der Waals surface area contributed by atoms with Crippen LogP contribution in [0.4, 0.5) is 0 Å². The molecular weight excluding hydrogens is 272 g/mol. The van der Waals surface area contributed by atoms with Gasteiger partial charge in [-0.15, -0.1) is 0 Å². The number of unbranched alkanes of at least 4 members (excludes halogenated alkanes) is 4. The van der Waals surface area contributed by atoms with Crippen molar-refractivity contribution in [2.75, 3.05) is 13.2 Å². The van der Waals surface area contributed by atoms with Crippen LogP contribution in [0.25, 0.3) is 0 Å². The molecule has 0 amide bonds. The van der Waals surface area contributed by atoms with Crippen LogP contribution in [0.5, 0.6) is 5.75 Å². The van der Waals surface area contributed by atoms with E-state index in [9.17, 15) is 0 Å². The fourth-order valence-electron chi connectivity index (χ4n) is 2.45. The van der Waals surface area contributed by atoms with E-state index in [1.54, 1.807) is 0 Å². The predicted octanol–water partition coefficient (Wildman–Crippen LogP) is 5.31. The molecule has 1 heterocycles. The molecule has 1 atom stereocenters. The van der Waals surface area contributed by atoms with Crippen molar-refractivity contribution in [2.24, 2.45) is 0 Å². The topological polar surface area (TPSA) is 21.8 Å². The predicted molar refractivity (Wildman–Crippen MR) is 92.5 cm³/mol. The second-order valence-corrected chi connectivity index (χ2v) is 6.49. The molecule has 1 aliphatic rings. The van der Waals surface area contributed by atoms with Crippen LogP contribution in [-0.4, -0.2) is 18.8 Å². The van der Waals surface area contributed by atoms with Crippen LogP contribution in [0, 0.1) is 0 Å². The smallest absolute Gasteiger partial charge is 0.123 e. The van der Waals surface area contributed by atoms with E-state index in [1.165, 1.54) is 37.7 Å². The van der Waals surface area contributed by atoms with E-state index in [-0.39, 0.29) is 5.60 Å². The third kappa shape index (κ3) is 6.23. The van der Waals surface area contributed by atoms with E-state index in [4.69, 9.17) is 9.47 Å². The molecule has 1 saturated heterocycles. The normalized spacial score (nSPS) is 20.5. The summed E-state index contributed by atoms with van der Waals surface area (Å²) in [5, 5.41) is 0. The molecule has 0 aromatic heterocycles. The lowest BCUT2D eigenvalue weighted by Crippen LogP contribution is -2.17. The summed E-state index contributed by atoms with van der Waals surface area (Å²) in [6, 6.07) is 8.39. The van der Waals surface area contributed by atoms with Crippen LogP contribution in [0.3, 0.4) is 0 Å². The fraction of sp³-hybridized carbons (Fsp3) is 0.600. The maximum atomic E-state index is 5.94. The lowest BCUT2D eigenvalue weighted by molar-refractivity contribution is 0.201. The summed E-state index contributed by atoms with van der Waals surface area (Å²) < 4.78 is 11.3. The molecule has 0 aliphatic carbocycles. The van der Waals surface area contributed by atoms with E-state index >= 15 is 0 Å². The highest BCUT2D eigenvalue weighted by atomic mass is 16.6. The van der Waals surface area contributed by atoms with Crippen molar-refractivity contribution in [2.45, 2.75) is 64.4 Å². The third-order valence-electron chi connectivity index (χ3n) is 4.10. The second kappa shape index (κ2) is 8.99. The molecule has 2 rings (SSSR count). The van der Waals surface area contributed by atoms with Gasteiger partial charge in [-0.3, -0.25) is 0 Å². The number of ether oxygens (including phenoxy) is 2. The highest BCUT2D eigenvalue weighted by Crippen LogP contribution is 2.28. The molecule has 1 aliphatic heterocycles. The lowest BCUT2D eigenvalue weighted by Gasteiger charge is -2.12. The van der Waals surface area contributed by atoms with Crippen molar-refractivity contribution in [1.82, 2.24) is 0 Å². The molecule has 0 radical (unpaired) electrons. The molecule has 0 bridgehead atoms. The highest BCUT2D eigenvalue weighted by Gasteiger charge is 2.40. The van der Waals surface area contributed by atoms with Crippen molar-refractivity contribution >= 4 is 0 Å². The van der Waals surface area contributed by atoms with Gasteiger partial charge in [-0.2, -0.15) is 0 Å². The van der Waals surface area contributed by atoms with Crippen LogP contribution >= 0.6 is 0 Å². The van der Waals surface area contributed by atoms with Gasteiger partial charge >= 0.3 is 0 Å². The first-order valence-electron chi connectivity index (χ1n) is 8.73. The van der Waals surface area contributed by atoms with Gasteiger partial charge < -0.3 is 9.47 Å². The summed E-state index contributed by atoms with van der Waals surface area (Å²) in [6.07, 6.45) is 13.3. The van der Waals surface area contributed by atoms with E-state index in [1.807, 2.05) is 6.07 Å². The maximum Gasteiger partial charge on any atom is 0.123 e. The molecule has 0 N–H and O–H groups in total. The number of hydrogen-bond acceptors (Lipinski definition) is 2. The minimum absolute atomic E-state index is 0.0473. The summed E-state index contributed by atoms with van der Waals surface area (Å²) in [6.45, 7) is 5.82. The average molecular weight is 302 g/mol. The van der Waals surface area contributed by atoms with Gasteiger partial charge in [0.1, 0.15) is 18.0 Å². The summed E-state index contributed by atoms with van der Waals surface area (Å²) in [4.78, 5) is 0. The minimum Gasteiger partial charge on any atom is -0.490 e. The Balaban J connectivity index is 1.68. The number of rotatable bonds is 11. The zero-order valence-electron chi connectivity index (χ0n) is 14.1. The molecule has 0 saturated carbocycles. The molecule has 1 unspecified atom stereocenters. The minimum atomic E-state index is -0.0473. The maximum absolute atomic E-state index is 5.94. The Hall–Kier alpha value is -1.28. The summed E-state index contributed by atoms with van der Waals surface area (Å²) >= 11 is 0. The van der Waals surface area contributed by atoms with Crippen molar-refractivity contribution in [3.8, 4) is 5.75 Å². The number of epoxide rings is 1. The van der Waals surface area contributed by atoms with Gasteiger partial charge in [-0.25, -0.2) is 0 Å². The van der Waals surface area contributed by atoms with Crippen LogP contribution in [0.1, 0.15) is 57.9 Å². The first-order chi connectivity index (χ1) is 10.7. The van der Waals surface area contributed by atoms with Gasteiger partial charge in [-0.1, -0.05) is 50.1 Å². The first kappa shape index (κ1) is 17.1. The quantitative estimate of drug-likeness (QED) is 0.314. The largest absolute Gasteiger partial charge is 0.490 e. The van der Waals surface area contributed by atoms with Crippen LogP contribution in [0.2, 0.25) is 0 Å². The van der Waals surface area contributed by atoms with Crippen molar-refractivity contribution in [3.05, 3.63) is 42.0 Å². The number of allylic oxidation sites excluding steroid dienone is 2. The molecule has 22 heavy (non-hydrogen) atoms. The lowest BCUT2D eigenvalue weighted by atomic mass is 10.1. The average Bonchev–Trinajstić information content (AvgIpc) is 3.27. The Labute approximate surface area is 135 Å². The van der Waals surface area contributed by atoms with Crippen molar-refractivity contribution in [1.29, 1.82) is 0 Å². The monoisotopic (exact) mass is 302 g/mol. The van der Waals surface area contributed by atoms with Gasteiger partial charge in [0.25, 0.3) is 0 Å².